The fourth-order valence-electron chi connectivity index (χ4n) is 1.25. The highest BCUT2D eigenvalue weighted by atomic mass is 32.1. The maximum atomic E-state index is 5.14. The monoisotopic (exact) mass is 234 g/mol. The van der Waals surface area contributed by atoms with Crippen LogP contribution < -0.4 is 0 Å². The fraction of sp³-hybridized carbons (Fsp3) is 0.111. The molecule has 3 aromatic rings. The topological polar surface area (TPSA) is 77.8 Å². The van der Waals surface area contributed by atoms with Gasteiger partial charge in [-0.2, -0.15) is 4.98 Å². The van der Waals surface area contributed by atoms with Crippen molar-refractivity contribution in [1.29, 1.82) is 0 Å². The van der Waals surface area contributed by atoms with Crippen molar-refractivity contribution in [2.75, 3.05) is 0 Å². The predicted octanol–water partition coefficient (Wildman–Crippen LogP) is 2.16. The average Bonchev–Trinajstić information content (AvgIpc) is 2.96. The quantitative estimate of drug-likeness (QED) is 0.676. The van der Waals surface area contributed by atoms with E-state index < -0.39 is 0 Å². The van der Waals surface area contributed by atoms with Crippen molar-refractivity contribution in [3.05, 3.63) is 23.9 Å². The van der Waals surface area contributed by atoms with Crippen LogP contribution in [0.25, 0.3) is 22.3 Å². The van der Waals surface area contributed by atoms with Gasteiger partial charge >= 0.3 is 0 Å². The molecule has 80 valence electrons. The summed E-state index contributed by atoms with van der Waals surface area (Å²) in [4.78, 5) is 13.2. The molecule has 7 heteroatoms. The second-order valence-corrected chi connectivity index (χ2v) is 3.92. The Balaban J connectivity index is 2.03. The zero-order chi connectivity index (χ0) is 11.0. The molecule has 0 radical (unpaired) electrons. The number of nitrogens with zero attached hydrogens (tertiary/aromatic N) is 4. The van der Waals surface area contributed by atoms with Crippen LogP contribution in [0.5, 0.6) is 0 Å². The van der Waals surface area contributed by atoms with Crippen molar-refractivity contribution in [2.24, 2.45) is 0 Å². The van der Waals surface area contributed by atoms with Gasteiger partial charge in [0.25, 0.3) is 5.89 Å². The van der Waals surface area contributed by atoms with Crippen molar-refractivity contribution < 1.29 is 8.94 Å². The van der Waals surface area contributed by atoms with Gasteiger partial charge in [0.15, 0.2) is 6.39 Å². The number of oxazole rings is 1. The van der Waals surface area contributed by atoms with Gasteiger partial charge in [0.05, 0.1) is 11.2 Å². The third kappa shape index (κ3) is 1.41. The number of rotatable bonds is 2. The summed E-state index contributed by atoms with van der Waals surface area (Å²) < 4.78 is 9.99. The minimum atomic E-state index is 0.413. The maximum absolute atomic E-state index is 5.14. The van der Waals surface area contributed by atoms with E-state index >= 15 is 0 Å². The van der Waals surface area contributed by atoms with Crippen molar-refractivity contribution in [3.8, 4) is 22.3 Å². The van der Waals surface area contributed by atoms with Crippen molar-refractivity contribution >= 4 is 11.3 Å². The minimum Gasteiger partial charge on any atom is -0.451 e. The van der Waals surface area contributed by atoms with E-state index in [1.54, 1.807) is 5.51 Å². The van der Waals surface area contributed by atoms with Crippen LogP contribution in [-0.2, 0) is 0 Å². The Kier molecular flexibility index (Phi) is 2.03. The molecule has 0 aliphatic heterocycles. The second-order valence-electron chi connectivity index (χ2n) is 3.06. The molecule has 6 nitrogen and oxygen atoms in total. The number of aryl methyl sites for hydroxylation is 1. The van der Waals surface area contributed by atoms with Gasteiger partial charge in [0.1, 0.15) is 16.8 Å². The number of hydrogen-bond donors (Lipinski definition) is 0. The van der Waals surface area contributed by atoms with E-state index in [4.69, 9.17) is 8.94 Å². The summed E-state index contributed by atoms with van der Waals surface area (Å²) in [5.41, 5.74) is 3.17. The molecular formula is C9H6N4O2S. The van der Waals surface area contributed by atoms with Gasteiger partial charge in [-0.1, -0.05) is 5.16 Å². The van der Waals surface area contributed by atoms with E-state index in [0.29, 0.717) is 17.4 Å². The van der Waals surface area contributed by atoms with Crippen LogP contribution in [0.2, 0.25) is 0 Å². The van der Waals surface area contributed by atoms with Crippen LogP contribution in [0.15, 0.2) is 27.1 Å². The van der Waals surface area contributed by atoms with Gasteiger partial charge in [-0.3, -0.25) is 0 Å². The van der Waals surface area contributed by atoms with Crippen LogP contribution in [0.3, 0.4) is 0 Å². The summed E-state index contributed by atoms with van der Waals surface area (Å²) in [6, 6.07) is 0. The highest BCUT2D eigenvalue weighted by Crippen LogP contribution is 2.27. The Morgan fingerprint density at radius 1 is 1.31 bits per heavy atom. The molecular weight excluding hydrogens is 228 g/mol. The lowest BCUT2D eigenvalue weighted by atomic mass is 10.4. The molecule has 0 unspecified atom stereocenters. The SMILES string of the molecule is Cc1ncsc1-c1nc(-c2cocn2)no1. The summed E-state index contributed by atoms with van der Waals surface area (Å²) in [7, 11) is 0. The molecule has 0 spiro atoms. The van der Waals surface area contributed by atoms with Gasteiger partial charge < -0.3 is 8.94 Å². The van der Waals surface area contributed by atoms with Gasteiger partial charge in [-0.15, -0.1) is 11.3 Å². The van der Waals surface area contributed by atoms with E-state index in [-0.39, 0.29) is 0 Å². The molecule has 0 bridgehead atoms. The number of hydrogen-bond acceptors (Lipinski definition) is 7. The molecule has 0 saturated heterocycles. The fourth-order valence-corrected chi connectivity index (χ4v) is 1.97. The zero-order valence-corrected chi connectivity index (χ0v) is 9.06. The normalized spacial score (nSPS) is 10.8. The van der Waals surface area contributed by atoms with E-state index in [0.717, 1.165) is 10.6 Å². The van der Waals surface area contributed by atoms with Crippen LogP contribution in [0, 0.1) is 6.92 Å². The first-order valence-electron chi connectivity index (χ1n) is 4.47. The van der Waals surface area contributed by atoms with Crippen LogP contribution in [0.4, 0.5) is 0 Å². The Bertz CT molecular complexity index is 599. The highest BCUT2D eigenvalue weighted by Gasteiger charge is 2.15. The lowest BCUT2D eigenvalue weighted by Gasteiger charge is -1.86. The predicted molar refractivity (Wildman–Crippen MR) is 55.6 cm³/mol. The number of aromatic nitrogens is 4. The lowest BCUT2D eigenvalue weighted by Crippen LogP contribution is -1.80. The van der Waals surface area contributed by atoms with E-state index in [9.17, 15) is 0 Å². The molecule has 0 N–H and O–H groups in total. The molecule has 0 atom stereocenters. The van der Waals surface area contributed by atoms with Crippen LogP contribution >= 0.6 is 11.3 Å². The molecule has 3 aromatic heterocycles. The zero-order valence-electron chi connectivity index (χ0n) is 8.25. The first kappa shape index (κ1) is 9.22. The summed E-state index contributed by atoms with van der Waals surface area (Å²) in [5.74, 6) is 0.870. The lowest BCUT2D eigenvalue weighted by molar-refractivity contribution is 0.432. The summed E-state index contributed by atoms with van der Waals surface area (Å²) in [6.45, 7) is 1.89. The van der Waals surface area contributed by atoms with E-state index in [1.165, 1.54) is 24.0 Å². The standard InChI is InChI=1S/C9H6N4O2S/c1-5-7(16-4-11-5)9-12-8(13-15-9)6-2-14-3-10-6/h2-4H,1H3. The smallest absolute Gasteiger partial charge is 0.270 e. The van der Waals surface area contributed by atoms with Gasteiger partial charge in [-0.05, 0) is 6.92 Å². The average molecular weight is 234 g/mol. The van der Waals surface area contributed by atoms with Crippen molar-refractivity contribution in [2.45, 2.75) is 6.92 Å². The minimum absolute atomic E-state index is 0.413. The summed E-state index contributed by atoms with van der Waals surface area (Å²) in [5, 5.41) is 3.83. The molecule has 3 rings (SSSR count). The molecule has 0 aliphatic rings. The molecule has 0 aliphatic carbocycles. The van der Waals surface area contributed by atoms with Gasteiger partial charge in [-0.25, -0.2) is 9.97 Å². The Morgan fingerprint density at radius 3 is 2.94 bits per heavy atom. The van der Waals surface area contributed by atoms with Crippen LogP contribution in [-0.4, -0.2) is 20.1 Å². The molecule has 0 fully saturated rings. The highest BCUT2D eigenvalue weighted by molar-refractivity contribution is 7.13. The molecule has 0 aromatic carbocycles. The first-order valence-corrected chi connectivity index (χ1v) is 5.35. The first-order chi connectivity index (χ1) is 7.84. The summed E-state index contributed by atoms with van der Waals surface area (Å²) in [6.07, 6.45) is 2.79. The number of thiazole rings is 1. The third-order valence-electron chi connectivity index (χ3n) is 2.03. The molecule has 0 amide bonds. The van der Waals surface area contributed by atoms with E-state index in [2.05, 4.69) is 20.1 Å². The summed E-state index contributed by atoms with van der Waals surface area (Å²) >= 11 is 1.46. The second kappa shape index (κ2) is 3.53. The van der Waals surface area contributed by atoms with Gasteiger partial charge in [0.2, 0.25) is 5.82 Å². The molecule has 3 heterocycles. The molecule has 16 heavy (non-hydrogen) atoms. The maximum Gasteiger partial charge on any atom is 0.270 e. The van der Waals surface area contributed by atoms with Gasteiger partial charge in [0, 0.05) is 0 Å². The Labute approximate surface area is 94.0 Å². The van der Waals surface area contributed by atoms with E-state index in [1.807, 2.05) is 6.92 Å². The van der Waals surface area contributed by atoms with Crippen molar-refractivity contribution in [1.82, 2.24) is 20.1 Å². The molecule has 0 saturated carbocycles. The Morgan fingerprint density at radius 2 is 2.25 bits per heavy atom. The Hall–Kier alpha value is -2.02. The van der Waals surface area contributed by atoms with Crippen LogP contribution in [0.1, 0.15) is 5.69 Å². The largest absolute Gasteiger partial charge is 0.451 e. The third-order valence-corrected chi connectivity index (χ3v) is 2.94. The van der Waals surface area contributed by atoms with Crippen molar-refractivity contribution in [3.63, 3.8) is 0 Å².